The zero-order valence-electron chi connectivity index (χ0n) is 9.20. The Morgan fingerprint density at radius 3 is 2.73 bits per heavy atom. The summed E-state index contributed by atoms with van der Waals surface area (Å²) in [5, 5.41) is 12.4. The van der Waals surface area contributed by atoms with Gasteiger partial charge >= 0.3 is 0 Å². The van der Waals surface area contributed by atoms with E-state index >= 15 is 0 Å². The summed E-state index contributed by atoms with van der Waals surface area (Å²) >= 11 is 1.40. The number of hydrogen-bond acceptors (Lipinski definition) is 4. The fourth-order valence-corrected chi connectivity index (χ4v) is 2.12. The van der Waals surface area contributed by atoms with Crippen LogP contribution in [-0.2, 0) is 0 Å². The molecule has 15 heavy (non-hydrogen) atoms. The van der Waals surface area contributed by atoms with Crippen LogP contribution in [0.5, 0.6) is 0 Å². The highest BCUT2D eigenvalue weighted by Gasteiger charge is 2.15. The van der Waals surface area contributed by atoms with Crippen molar-refractivity contribution in [2.24, 2.45) is 0 Å². The van der Waals surface area contributed by atoms with Gasteiger partial charge in [0.05, 0.1) is 10.7 Å². The number of rotatable bonds is 4. The molecule has 2 N–H and O–H groups in total. The third-order valence-electron chi connectivity index (χ3n) is 2.05. The van der Waals surface area contributed by atoms with Crippen molar-refractivity contribution in [2.45, 2.75) is 33.2 Å². The zero-order valence-corrected chi connectivity index (χ0v) is 10.0. The van der Waals surface area contributed by atoms with Crippen molar-refractivity contribution < 1.29 is 9.90 Å². The molecule has 5 heteroatoms. The van der Waals surface area contributed by atoms with Gasteiger partial charge in [-0.25, -0.2) is 4.98 Å². The van der Waals surface area contributed by atoms with Crippen molar-refractivity contribution in [3.05, 3.63) is 15.6 Å². The van der Waals surface area contributed by atoms with Gasteiger partial charge < -0.3 is 10.4 Å². The lowest BCUT2D eigenvalue weighted by atomic mass is 10.2. The first-order chi connectivity index (χ1) is 7.04. The minimum atomic E-state index is -0.0981. The second-order valence-corrected chi connectivity index (χ2v) is 4.74. The molecular weight excluding hydrogens is 212 g/mol. The van der Waals surface area contributed by atoms with Gasteiger partial charge in [-0.15, -0.1) is 11.3 Å². The van der Waals surface area contributed by atoms with Gasteiger partial charge in [0.1, 0.15) is 4.88 Å². The second-order valence-electron chi connectivity index (χ2n) is 3.53. The Hall–Kier alpha value is -0.940. The van der Waals surface area contributed by atoms with E-state index in [9.17, 15) is 4.79 Å². The molecule has 0 fully saturated rings. The summed E-state index contributed by atoms with van der Waals surface area (Å²) < 4.78 is 0. The molecule has 0 aliphatic rings. The second kappa shape index (κ2) is 5.23. The molecule has 1 atom stereocenters. The van der Waals surface area contributed by atoms with Crippen LogP contribution in [0.2, 0.25) is 0 Å². The van der Waals surface area contributed by atoms with Crippen LogP contribution in [0.25, 0.3) is 0 Å². The molecule has 4 nitrogen and oxygen atoms in total. The Morgan fingerprint density at radius 1 is 1.60 bits per heavy atom. The molecular formula is C10H16N2O2S. The quantitative estimate of drug-likeness (QED) is 0.815. The third kappa shape index (κ3) is 3.28. The highest BCUT2D eigenvalue weighted by molar-refractivity contribution is 7.13. The summed E-state index contributed by atoms with van der Waals surface area (Å²) in [5.74, 6) is -0.0981. The molecule has 0 spiro atoms. The number of nitrogens with zero attached hydrogens (tertiary/aromatic N) is 1. The van der Waals surface area contributed by atoms with E-state index in [1.54, 1.807) is 0 Å². The largest absolute Gasteiger partial charge is 0.396 e. The lowest BCUT2D eigenvalue weighted by Crippen LogP contribution is -2.33. The van der Waals surface area contributed by atoms with Crippen LogP contribution in [0.4, 0.5) is 0 Å². The molecule has 84 valence electrons. The predicted octanol–water partition coefficient (Wildman–Crippen LogP) is 1.26. The van der Waals surface area contributed by atoms with E-state index < -0.39 is 0 Å². The maximum Gasteiger partial charge on any atom is 0.263 e. The molecule has 1 heterocycles. The van der Waals surface area contributed by atoms with E-state index in [0.29, 0.717) is 11.3 Å². The lowest BCUT2D eigenvalue weighted by molar-refractivity contribution is 0.0937. The Morgan fingerprint density at radius 2 is 2.27 bits per heavy atom. The SMILES string of the molecule is Cc1nc(C)c(C(=O)NC(C)CCO)s1. The monoisotopic (exact) mass is 228 g/mol. The van der Waals surface area contributed by atoms with Crippen molar-refractivity contribution >= 4 is 17.2 Å². The number of aryl methyl sites for hydroxylation is 2. The number of hydrogen-bond donors (Lipinski definition) is 2. The lowest BCUT2D eigenvalue weighted by Gasteiger charge is -2.11. The van der Waals surface area contributed by atoms with Gasteiger partial charge in [-0.3, -0.25) is 4.79 Å². The fraction of sp³-hybridized carbons (Fsp3) is 0.600. The molecule has 0 aliphatic carbocycles. The molecule has 0 saturated heterocycles. The van der Waals surface area contributed by atoms with Gasteiger partial charge in [0.15, 0.2) is 0 Å². The third-order valence-corrected chi connectivity index (χ3v) is 3.12. The van der Waals surface area contributed by atoms with E-state index in [2.05, 4.69) is 10.3 Å². The maximum atomic E-state index is 11.7. The predicted molar refractivity (Wildman–Crippen MR) is 60.2 cm³/mol. The molecule has 0 saturated carbocycles. The van der Waals surface area contributed by atoms with E-state index in [1.165, 1.54) is 11.3 Å². The number of aromatic nitrogens is 1. The first-order valence-corrected chi connectivity index (χ1v) is 5.72. The zero-order chi connectivity index (χ0) is 11.4. The number of amides is 1. The van der Waals surface area contributed by atoms with Crippen LogP contribution in [0, 0.1) is 13.8 Å². The van der Waals surface area contributed by atoms with E-state index in [4.69, 9.17) is 5.11 Å². The van der Waals surface area contributed by atoms with Crippen LogP contribution < -0.4 is 5.32 Å². The van der Waals surface area contributed by atoms with Gasteiger partial charge in [-0.2, -0.15) is 0 Å². The highest BCUT2D eigenvalue weighted by Crippen LogP contribution is 2.16. The van der Waals surface area contributed by atoms with Crippen LogP contribution in [0.15, 0.2) is 0 Å². The summed E-state index contributed by atoms with van der Waals surface area (Å²) in [7, 11) is 0. The molecule has 0 aliphatic heterocycles. The molecule has 0 radical (unpaired) electrons. The smallest absolute Gasteiger partial charge is 0.263 e. The normalized spacial score (nSPS) is 12.5. The number of carbonyl (C=O) groups excluding carboxylic acids is 1. The van der Waals surface area contributed by atoms with E-state index in [0.717, 1.165) is 10.7 Å². The van der Waals surface area contributed by atoms with Crippen molar-refractivity contribution in [3.8, 4) is 0 Å². The Balaban J connectivity index is 2.65. The van der Waals surface area contributed by atoms with Crippen molar-refractivity contribution in [1.82, 2.24) is 10.3 Å². The first kappa shape index (κ1) is 12.1. The molecule has 1 unspecified atom stereocenters. The van der Waals surface area contributed by atoms with E-state index in [1.807, 2.05) is 20.8 Å². The topological polar surface area (TPSA) is 62.2 Å². The number of nitrogens with one attached hydrogen (secondary N) is 1. The highest BCUT2D eigenvalue weighted by atomic mass is 32.1. The number of aliphatic hydroxyl groups is 1. The van der Waals surface area contributed by atoms with Crippen LogP contribution in [0.3, 0.4) is 0 Å². The van der Waals surface area contributed by atoms with Gasteiger partial charge in [0.2, 0.25) is 0 Å². The van der Waals surface area contributed by atoms with E-state index in [-0.39, 0.29) is 18.6 Å². The first-order valence-electron chi connectivity index (χ1n) is 4.90. The van der Waals surface area contributed by atoms with Crippen LogP contribution in [-0.4, -0.2) is 28.6 Å². The summed E-state index contributed by atoms with van der Waals surface area (Å²) in [6.45, 7) is 5.67. The number of carbonyl (C=O) groups is 1. The Kier molecular flexibility index (Phi) is 4.23. The minimum Gasteiger partial charge on any atom is -0.396 e. The van der Waals surface area contributed by atoms with Crippen LogP contribution >= 0.6 is 11.3 Å². The minimum absolute atomic E-state index is 0.00990. The number of aliphatic hydroxyl groups excluding tert-OH is 1. The summed E-state index contributed by atoms with van der Waals surface area (Å²) in [5.41, 5.74) is 0.770. The van der Waals surface area contributed by atoms with Crippen LogP contribution in [0.1, 0.15) is 33.7 Å². The fourth-order valence-electron chi connectivity index (χ4n) is 1.30. The summed E-state index contributed by atoms with van der Waals surface area (Å²) in [6.07, 6.45) is 0.572. The summed E-state index contributed by atoms with van der Waals surface area (Å²) in [4.78, 5) is 16.6. The molecule has 1 rings (SSSR count). The Labute approximate surface area is 93.4 Å². The van der Waals surface area contributed by atoms with Gasteiger partial charge in [-0.1, -0.05) is 0 Å². The number of thiazole rings is 1. The molecule has 1 amide bonds. The van der Waals surface area contributed by atoms with Gasteiger partial charge in [-0.05, 0) is 27.2 Å². The molecule has 1 aromatic rings. The standard InChI is InChI=1S/C10H16N2O2S/c1-6(4-5-13)11-10(14)9-7(2)12-8(3)15-9/h6,13H,4-5H2,1-3H3,(H,11,14). The van der Waals surface area contributed by atoms with Gasteiger partial charge in [0, 0.05) is 12.6 Å². The van der Waals surface area contributed by atoms with Crippen molar-refractivity contribution in [3.63, 3.8) is 0 Å². The van der Waals surface area contributed by atoms with Crippen molar-refractivity contribution in [2.75, 3.05) is 6.61 Å². The molecule has 0 aromatic carbocycles. The molecule has 1 aromatic heterocycles. The van der Waals surface area contributed by atoms with Gasteiger partial charge in [0.25, 0.3) is 5.91 Å². The average molecular weight is 228 g/mol. The molecule has 0 bridgehead atoms. The Bertz CT molecular complexity index is 349. The van der Waals surface area contributed by atoms with Crippen molar-refractivity contribution in [1.29, 1.82) is 0 Å². The maximum absolute atomic E-state index is 11.7. The average Bonchev–Trinajstić information content (AvgIpc) is 2.45. The summed E-state index contributed by atoms with van der Waals surface area (Å²) in [6, 6.07) is -0.00990.